The van der Waals surface area contributed by atoms with Crippen LogP contribution in [0.15, 0.2) is 30.3 Å². The molecule has 0 saturated heterocycles. The molecule has 1 aromatic rings. The van der Waals surface area contributed by atoms with Crippen LogP contribution in [0.4, 0.5) is 0 Å². The summed E-state index contributed by atoms with van der Waals surface area (Å²) in [5, 5.41) is 9.22. The van der Waals surface area contributed by atoms with E-state index in [1.165, 1.54) is 11.8 Å². The molecule has 3 heteroatoms. The lowest BCUT2D eigenvalue weighted by Gasteiger charge is -2.05. The van der Waals surface area contributed by atoms with Crippen LogP contribution in [0.25, 0.3) is 0 Å². The minimum absolute atomic E-state index is 0.0960. The summed E-state index contributed by atoms with van der Waals surface area (Å²) >= 11 is 1.17. The van der Waals surface area contributed by atoms with Crippen molar-refractivity contribution in [2.45, 2.75) is 18.3 Å². The van der Waals surface area contributed by atoms with E-state index in [1.54, 1.807) is 6.26 Å². The molecule has 1 N–H and O–H groups in total. The van der Waals surface area contributed by atoms with E-state index in [9.17, 15) is 9.90 Å². The number of ketones is 1. The van der Waals surface area contributed by atoms with Crippen LogP contribution in [-0.2, 0) is 11.2 Å². The van der Waals surface area contributed by atoms with Gasteiger partial charge in [-0.1, -0.05) is 30.3 Å². The first-order valence-corrected chi connectivity index (χ1v) is 5.80. The molecule has 0 aliphatic rings. The predicted molar refractivity (Wildman–Crippen MR) is 59.3 cm³/mol. The highest BCUT2D eigenvalue weighted by Gasteiger charge is 2.12. The van der Waals surface area contributed by atoms with Crippen LogP contribution >= 0.6 is 11.8 Å². The number of aryl methyl sites for hydroxylation is 1. The van der Waals surface area contributed by atoms with Crippen LogP contribution in [0.1, 0.15) is 12.0 Å². The summed E-state index contributed by atoms with van der Waals surface area (Å²) in [6.07, 6.45) is 2.84. The fourth-order valence-electron chi connectivity index (χ4n) is 1.17. The third kappa shape index (κ3) is 3.52. The molecule has 0 saturated carbocycles. The summed E-state index contributed by atoms with van der Waals surface area (Å²) in [6.45, 7) is 0. The van der Waals surface area contributed by atoms with Crippen LogP contribution in [0.5, 0.6) is 0 Å². The minimum atomic E-state index is -0.862. The van der Waals surface area contributed by atoms with E-state index in [0.29, 0.717) is 12.8 Å². The van der Waals surface area contributed by atoms with Crippen molar-refractivity contribution in [1.82, 2.24) is 0 Å². The smallest absolute Gasteiger partial charge is 0.171 e. The Morgan fingerprint density at radius 1 is 1.43 bits per heavy atom. The number of benzene rings is 1. The summed E-state index contributed by atoms with van der Waals surface area (Å²) in [6, 6.07) is 9.81. The van der Waals surface area contributed by atoms with E-state index in [-0.39, 0.29) is 5.78 Å². The molecule has 2 nitrogen and oxygen atoms in total. The van der Waals surface area contributed by atoms with Gasteiger partial charge in [0.25, 0.3) is 0 Å². The number of aliphatic hydroxyl groups excluding tert-OH is 1. The van der Waals surface area contributed by atoms with Gasteiger partial charge in [0.2, 0.25) is 0 Å². The van der Waals surface area contributed by atoms with Crippen molar-refractivity contribution in [3.8, 4) is 0 Å². The van der Waals surface area contributed by atoms with Gasteiger partial charge in [-0.05, 0) is 18.2 Å². The van der Waals surface area contributed by atoms with Gasteiger partial charge in [0.05, 0.1) is 0 Å². The van der Waals surface area contributed by atoms with Gasteiger partial charge in [-0.2, -0.15) is 0 Å². The maximum Gasteiger partial charge on any atom is 0.171 e. The summed E-state index contributed by atoms with van der Waals surface area (Å²) < 4.78 is 0. The van der Waals surface area contributed by atoms with Crippen molar-refractivity contribution in [2.75, 3.05) is 6.26 Å². The summed E-state index contributed by atoms with van der Waals surface area (Å²) in [5.74, 6) is -0.0960. The first-order valence-electron chi connectivity index (χ1n) is 4.51. The zero-order valence-corrected chi connectivity index (χ0v) is 8.96. The van der Waals surface area contributed by atoms with Gasteiger partial charge < -0.3 is 5.11 Å². The van der Waals surface area contributed by atoms with Gasteiger partial charge in [-0.15, -0.1) is 11.8 Å². The van der Waals surface area contributed by atoms with Gasteiger partial charge in [-0.25, -0.2) is 0 Å². The molecule has 1 atom stereocenters. The number of carbonyl (C=O) groups is 1. The predicted octanol–water partition coefficient (Wildman–Crippen LogP) is 1.87. The van der Waals surface area contributed by atoms with Crippen molar-refractivity contribution in [3.63, 3.8) is 0 Å². The molecule has 0 spiro atoms. The van der Waals surface area contributed by atoms with Gasteiger partial charge in [0.15, 0.2) is 11.2 Å². The number of carbonyl (C=O) groups excluding carboxylic acids is 1. The molecule has 1 unspecified atom stereocenters. The minimum Gasteiger partial charge on any atom is -0.375 e. The highest BCUT2D eigenvalue weighted by molar-refractivity contribution is 7.99. The maximum atomic E-state index is 11.3. The normalized spacial score (nSPS) is 12.4. The summed E-state index contributed by atoms with van der Waals surface area (Å²) in [5.41, 5.74) is 0.271. The molecule has 0 aliphatic heterocycles. The van der Waals surface area contributed by atoms with Gasteiger partial charge in [0.1, 0.15) is 0 Å². The van der Waals surface area contributed by atoms with Crippen LogP contribution in [0.3, 0.4) is 0 Å². The van der Waals surface area contributed by atoms with E-state index in [2.05, 4.69) is 0 Å². The number of hydrogen-bond acceptors (Lipinski definition) is 3. The van der Waals surface area contributed by atoms with Crippen molar-refractivity contribution in [3.05, 3.63) is 35.9 Å². The Morgan fingerprint density at radius 2 is 2.07 bits per heavy atom. The molecule has 0 fully saturated rings. The Balaban J connectivity index is 2.38. The second kappa shape index (κ2) is 5.83. The number of Topliss-reactive ketones (excluding diaryl/α,β-unsaturated/α-hetero) is 1. The Labute approximate surface area is 88.3 Å². The van der Waals surface area contributed by atoms with E-state index in [4.69, 9.17) is 0 Å². The first-order chi connectivity index (χ1) is 6.74. The standard InChI is InChI=1S/C11H14O2S/c1-14-11(13)10(12)8-7-9-5-3-2-4-6-9/h2-6,11,13H,7-8H2,1H3. The highest BCUT2D eigenvalue weighted by atomic mass is 32.2. The average Bonchev–Trinajstić information content (AvgIpc) is 2.26. The molecule has 0 heterocycles. The van der Waals surface area contributed by atoms with Crippen molar-refractivity contribution in [1.29, 1.82) is 0 Å². The third-order valence-corrected chi connectivity index (χ3v) is 2.71. The summed E-state index contributed by atoms with van der Waals surface area (Å²) in [7, 11) is 0. The fourth-order valence-corrected chi connectivity index (χ4v) is 1.55. The van der Waals surface area contributed by atoms with Crippen LogP contribution < -0.4 is 0 Å². The molecule has 14 heavy (non-hydrogen) atoms. The average molecular weight is 210 g/mol. The lowest BCUT2D eigenvalue weighted by molar-refractivity contribution is -0.123. The van der Waals surface area contributed by atoms with Crippen LogP contribution in [0.2, 0.25) is 0 Å². The SMILES string of the molecule is CSC(O)C(=O)CCc1ccccc1. The molecule has 1 aromatic carbocycles. The largest absolute Gasteiger partial charge is 0.375 e. The molecule has 0 aromatic heterocycles. The second-order valence-electron chi connectivity index (χ2n) is 3.04. The lowest BCUT2D eigenvalue weighted by atomic mass is 10.1. The highest BCUT2D eigenvalue weighted by Crippen LogP contribution is 2.09. The van der Waals surface area contributed by atoms with Gasteiger partial charge in [-0.3, -0.25) is 4.79 Å². The van der Waals surface area contributed by atoms with E-state index in [0.717, 1.165) is 5.56 Å². The Hall–Kier alpha value is -0.800. The maximum absolute atomic E-state index is 11.3. The Morgan fingerprint density at radius 3 is 2.64 bits per heavy atom. The van der Waals surface area contributed by atoms with Crippen molar-refractivity contribution in [2.24, 2.45) is 0 Å². The molecule has 0 bridgehead atoms. The second-order valence-corrected chi connectivity index (χ2v) is 3.96. The van der Waals surface area contributed by atoms with E-state index < -0.39 is 5.44 Å². The fraction of sp³-hybridized carbons (Fsp3) is 0.364. The van der Waals surface area contributed by atoms with E-state index >= 15 is 0 Å². The lowest BCUT2D eigenvalue weighted by Crippen LogP contribution is -2.16. The number of rotatable bonds is 5. The van der Waals surface area contributed by atoms with Crippen LogP contribution in [-0.4, -0.2) is 22.6 Å². The molecule has 0 radical (unpaired) electrons. The summed E-state index contributed by atoms with van der Waals surface area (Å²) in [4.78, 5) is 11.3. The molecule has 76 valence electrons. The monoisotopic (exact) mass is 210 g/mol. The topological polar surface area (TPSA) is 37.3 Å². The van der Waals surface area contributed by atoms with Crippen molar-refractivity contribution >= 4 is 17.5 Å². The number of thioether (sulfide) groups is 1. The zero-order valence-electron chi connectivity index (χ0n) is 8.14. The van der Waals surface area contributed by atoms with E-state index in [1.807, 2.05) is 30.3 Å². The quantitative estimate of drug-likeness (QED) is 0.754. The molecule has 0 amide bonds. The van der Waals surface area contributed by atoms with Crippen LogP contribution in [0, 0.1) is 0 Å². The molecule has 1 rings (SSSR count). The molecule has 0 aliphatic carbocycles. The Kier molecular flexibility index (Phi) is 4.70. The number of hydrogen-bond donors (Lipinski definition) is 1. The third-order valence-electron chi connectivity index (χ3n) is 2.00. The first kappa shape index (κ1) is 11.3. The molecular formula is C11H14O2S. The Bertz CT molecular complexity index is 285. The van der Waals surface area contributed by atoms with Gasteiger partial charge in [0, 0.05) is 6.42 Å². The molecular weight excluding hydrogens is 196 g/mol. The van der Waals surface area contributed by atoms with Gasteiger partial charge >= 0.3 is 0 Å². The number of aliphatic hydroxyl groups is 1. The zero-order chi connectivity index (χ0) is 10.4. The van der Waals surface area contributed by atoms with Crippen molar-refractivity contribution < 1.29 is 9.90 Å².